The lowest BCUT2D eigenvalue weighted by Crippen LogP contribution is -2.39. The molecule has 0 saturated heterocycles. The Kier molecular flexibility index (Phi) is 8.17. The number of benzene rings is 1. The number of thiocarbonyl (C=S) groups is 1. The molecule has 1 atom stereocenters. The van der Waals surface area contributed by atoms with E-state index in [-0.39, 0.29) is 24.8 Å². The summed E-state index contributed by atoms with van der Waals surface area (Å²) in [5.74, 6) is 0.528. The van der Waals surface area contributed by atoms with Crippen molar-refractivity contribution in [1.82, 2.24) is 4.90 Å². The van der Waals surface area contributed by atoms with Gasteiger partial charge in [-0.05, 0) is 12.1 Å². The smallest absolute Gasteiger partial charge is 0.129 e. The topological polar surface area (TPSA) is 99.2 Å². The third kappa shape index (κ3) is 6.36. The van der Waals surface area contributed by atoms with Gasteiger partial charge in [0.2, 0.25) is 0 Å². The summed E-state index contributed by atoms with van der Waals surface area (Å²) in [6.07, 6.45) is -0.748. The van der Waals surface area contributed by atoms with Crippen molar-refractivity contribution in [3.8, 4) is 5.75 Å². The van der Waals surface area contributed by atoms with Crippen LogP contribution >= 0.6 is 12.2 Å². The summed E-state index contributed by atoms with van der Waals surface area (Å²) in [6, 6.07) is 7.10. The van der Waals surface area contributed by atoms with E-state index in [1.54, 1.807) is 23.1 Å². The fourth-order valence-corrected chi connectivity index (χ4v) is 2.08. The van der Waals surface area contributed by atoms with Crippen molar-refractivity contribution in [3.63, 3.8) is 0 Å². The highest BCUT2D eigenvalue weighted by Gasteiger charge is 2.13. The maximum absolute atomic E-state index is 9.97. The quantitative estimate of drug-likeness (QED) is 0.426. The van der Waals surface area contributed by atoms with Gasteiger partial charge in [-0.2, -0.15) is 0 Å². The molecule has 1 aromatic carbocycles. The number of nitrogens with two attached hydrogens (primary N) is 1. The Bertz CT molecular complexity index is 439. The van der Waals surface area contributed by atoms with Crippen LogP contribution in [0.1, 0.15) is 5.56 Å². The van der Waals surface area contributed by atoms with Crippen LogP contribution in [0.15, 0.2) is 24.3 Å². The number of hydrogen-bond acceptors (Lipinski definition) is 6. The number of para-hydroxylation sites is 1. The maximum atomic E-state index is 9.97. The molecule has 0 aromatic heterocycles. The molecule has 1 rings (SSSR count). The summed E-state index contributed by atoms with van der Waals surface area (Å²) < 4.78 is 5.55. The Labute approximate surface area is 129 Å². The lowest BCUT2D eigenvalue weighted by Gasteiger charge is -2.23. The molecular weight excluding hydrogens is 292 g/mol. The fraction of sp³-hybridized carbons (Fsp3) is 0.500. The van der Waals surface area contributed by atoms with Crippen molar-refractivity contribution in [2.75, 3.05) is 39.5 Å². The molecule has 1 unspecified atom stereocenters. The van der Waals surface area contributed by atoms with Crippen molar-refractivity contribution in [2.24, 2.45) is 5.73 Å². The largest absolute Gasteiger partial charge is 0.490 e. The predicted molar refractivity (Wildman–Crippen MR) is 84.4 cm³/mol. The zero-order valence-corrected chi connectivity index (χ0v) is 12.6. The van der Waals surface area contributed by atoms with Crippen molar-refractivity contribution in [1.29, 1.82) is 0 Å². The zero-order valence-electron chi connectivity index (χ0n) is 11.8. The lowest BCUT2D eigenvalue weighted by atomic mass is 10.2. The van der Waals surface area contributed by atoms with Crippen LogP contribution < -0.4 is 10.5 Å². The Morgan fingerprint density at radius 2 is 1.86 bits per heavy atom. The van der Waals surface area contributed by atoms with E-state index >= 15 is 0 Å². The summed E-state index contributed by atoms with van der Waals surface area (Å²) in [6.45, 7) is 1.10. The first-order valence-corrected chi connectivity index (χ1v) is 7.13. The van der Waals surface area contributed by atoms with Crippen LogP contribution in [0.4, 0.5) is 0 Å². The molecular formula is C14H22N2O4S. The van der Waals surface area contributed by atoms with Crippen LogP contribution in [0, 0.1) is 0 Å². The molecule has 21 heavy (non-hydrogen) atoms. The van der Waals surface area contributed by atoms with E-state index in [9.17, 15) is 5.11 Å². The average molecular weight is 314 g/mol. The highest BCUT2D eigenvalue weighted by Crippen LogP contribution is 2.17. The second-order valence-corrected chi connectivity index (χ2v) is 5.01. The molecule has 7 heteroatoms. The molecule has 1 aromatic rings. The zero-order chi connectivity index (χ0) is 15.7. The number of ether oxygens (including phenoxy) is 1. The molecule has 0 aliphatic rings. The second-order valence-electron chi connectivity index (χ2n) is 4.57. The molecule has 0 fully saturated rings. The lowest BCUT2D eigenvalue weighted by molar-refractivity contribution is 0.0552. The Morgan fingerprint density at radius 3 is 2.43 bits per heavy atom. The first-order chi connectivity index (χ1) is 10.1. The maximum Gasteiger partial charge on any atom is 0.129 e. The summed E-state index contributed by atoms with van der Waals surface area (Å²) in [5, 5.41) is 27.8. The van der Waals surface area contributed by atoms with Crippen LogP contribution in [0.5, 0.6) is 5.75 Å². The molecule has 0 heterocycles. The molecule has 0 bridgehead atoms. The van der Waals surface area contributed by atoms with Gasteiger partial charge >= 0.3 is 0 Å². The highest BCUT2D eigenvalue weighted by atomic mass is 32.1. The third-order valence-electron chi connectivity index (χ3n) is 2.89. The van der Waals surface area contributed by atoms with Gasteiger partial charge in [0.25, 0.3) is 0 Å². The monoisotopic (exact) mass is 314 g/mol. The van der Waals surface area contributed by atoms with E-state index < -0.39 is 6.10 Å². The Balaban J connectivity index is 2.52. The molecule has 6 nitrogen and oxygen atoms in total. The number of nitrogens with zero attached hydrogens (tertiary/aromatic N) is 1. The molecule has 0 aliphatic heterocycles. The van der Waals surface area contributed by atoms with E-state index in [2.05, 4.69) is 0 Å². The molecule has 0 amide bonds. The number of rotatable bonds is 10. The number of hydrogen-bond donors (Lipinski definition) is 4. The van der Waals surface area contributed by atoms with E-state index in [1.165, 1.54) is 0 Å². The summed E-state index contributed by atoms with van der Waals surface area (Å²) in [7, 11) is 0. The highest BCUT2D eigenvalue weighted by molar-refractivity contribution is 7.80. The number of aliphatic hydroxyl groups is 3. The van der Waals surface area contributed by atoms with Crippen LogP contribution in [-0.2, 0) is 0 Å². The van der Waals surface area contributed by atoms with Crippen LogP contribution in [0.2, 0.25) is 0 Å². The van der Waals surface area contributed by atoms with Crippen molar-refractivity contribution in [2.45, 2.75) is 6.10 Å². The number of aliphatic hydroxyl groups excluding tert-OH is 3. The first-order valence-electron chi connectivity index (χ1n) is 6.72. The van der Waals surface area contributed by atoms with Crippen LogP contribution in [0.3, 0.4) is 0 Å². The molecule has 0 spiro atoms. The first kappa shape index (κ1) is 17.8. The van der Waals surface area contributed by atoms with Crippen molar-refractivity contribution >= 4 is 17.2 Å². The van der Waals surface area contributed by atoms with Gasteiger partial charge in [-0.1, -0.05) is 24.4 Å². The molecule has 5 N–H and O–H groups in total. The van der Waals surface area contributed by atoms with E-state index in [0.717, 1.165) is 0 Å². The van der Waals surface area contributed by atoms with Gasteiger partial charge in [-0.3, -0.25) is 4.90 Å². The molecule has 0 radical (unpaired) electrons. The van der Waals surface area contributed by atoms with Gasteiger partial charge in [-0.25, -0.2) is 0 Å². The van der Waals surface area contributed by atoms with Gasteiger partial charge in [0.1, 0.15) is 23.4 Å². The minimum atomic E-state index is -0.748. The minimum absolute atomic E-state index is 0.0299. The van der Waals surface area contributed by atoms with Crippen LogP contribution in [0.25, 0.3) is 0 Å². The Morgan fingerprint density at radius 1 is 1.24 bits per heavy atom. The van der Waals surface area contributed by atoms with Gasteiger partial charge < -0.3 is 25.8 Å². The second kappa shape index (κ2) is 9.64. The van der Waals surface area contributed by atoms with E-state index in [4.69, 9.17) is 32.9 Å². The Hall–Kier alpha value is -1.25. The van der Waals surface area contributed by atoms with E-state index in [1.807, 2.05) is 6.07 Å². The molecule has 0 aliphatic carbocycles. The molecule has 0 saturated carbocycles. The summed E-state index contributed by atoms with van der Waals surface area (Å²) >= 11 is 4.94. The minimum Gasteiger partial charge on any atom is -0.490 e. The van der Waals surface area contributed by atoms with Crippen molar-refractivity contribution in [3.05, 3.63) is 29.8 Å². The van der Waals surface area contributed by atoms with Gasteiger partial charge in [0.15, 0.2) is 0 Å². The van der Waals surface area contributed by atoms with Gasteiger partial charge in [-0.15, -0.1) is 0 Å². The van der Waals surface area contributed by atoms with Gasteiger partial charge in [0.05, 0.1) is 18.8 Å². The SMILES string of the molecule is NC(=S)c1ccccc1OCC(O)CN(CCO)CCO. The normalized spacial score (nSPS) is 12.4. The van der Waals surface area contributed by atoms with E-state index in [0.29, 0.717) is 30.9 Å². The average Bonchev–Trinajstić information content (AvgIpc) is 2.46. The summed E-state index contributed by atoms with van der Waals surface area (Å²) in [4.78, 5) is 2.00. The standard InChI is InChI=1S/C14H22N2O4S/c15-14(21)12-3-1-2-4-13(12)20-10-11(19)9-16(5-7-17)6-8-18/h1-4,11,17-19H,5-10H2,(H2,15,21). The van der Waals surface area contributed by atoms with Gasteiger partial charge in [0, 0.05) is 19.6 Å². The predicted octanol–water partition coefficient (Wildman–Crippen LogP) is -0.653. The third-order valence-corrected chi connectivity index (χ3v) is 3.11. The summed E-state index contributed by atoms with van der Waals surface area (Å²) in [5.41, 5.74) is 6.23. The van der Waals surface area contributed by atoms with Crippen LogP contribution in [-0.4, -0.2) is 70.8 Å². The molecule has 118 valence electrons. The van der Waals surface area contributed by atoms with Crippen molar-refractivity contribution < 1.29 is 20.1 Å². The fourth-order valence-electron chi connectivity index (χ4n) is 1.91.